The Hall–Kier alpha value is -4.98. The highest BCUT2D eigenvalue weighted by atomic mass is 16.6. The fourth-order valence-corrected chi connectivity index (χ4v) is 3.51. The molecular formula is C24H21N5O6. The predicted molar refractivity (Wildman–Crippen MR) is 127 cm³/mol. The van der Waals surface area contributed by atoms with Gasteiger partial charge < -0.3 is 14.2 Å². The lowest BCUT2D eigenvalue weighted by atomic mass is 10.1. The zero-order valence-corrected chi connectivity index (χ0v) is 19.4. The van der Waals surface area contributed by atoms with Crippen LogP contribution in [-0.4, -0.2) is 39.3 Å². The van der Waals surface area contributed by atoms with Crippen molar-refractivity contribution in [1.82, 2.24) is 9.47 Å². The summed E-state index contributed by atoms with van der Waals surface area (Å²) in [5.74, 6) is -0.209. The number of carbonyl (C=O) groups is 1. The second-order valence-corrected chi connectivity index (χ2v) is 7.79. The van der Waals surface area contributed by atoms with Crippen molar-refractivity contribution in [2.75, 3.05) is 14.1 Å². The van der Waals surface area contributed by atoms with Gasteiger partial charge in [-0.15, -0.1) is 0 Å². The number of aromatic nitrogens is 1. The number of likely N-dealkylation sites (N-methyl/N-ethyl adjacent to an activating group) is 1. The maximum Gasteiger partial charge on any atom is 0.318 e. The average molecular weight is 475 g/mol. The van der Waals surface area contributed by atoms with Crippen LogP contribution in [-0.2, 0) is 4.79 Å². The second kappa shape index (κ2) is 9.88. The fourth-order valence-electron chi connectivity index (χ4n) is 3.51. The van der Waals surface area contributed by atoms with Gasteiger partial charge in [0.05, 0.1) is 15.9 Å². The number of hydrogen-bond donors (Lipinski definition) is 0. The number of ether oxygens (including phenoxy) is 1. The van der Waals surface area contributed by atoms with Crippen LogP contribution < -0.4 is 4.74 Å². The third kappa shape index (κ3) is 5.17. The van der Waals surface area contributed by atoms with E-state index in [2.05, 4.69) is 0 Å². The first-order valence-corrected chi connectivity index (χ1v) is 10.3. The lowest BCUT2D eigenvalue weighted by Gasteiger charge is -2.12. The number of non-ortho nitro benzene ring substituents is 1. The molecular weight excluding hydrogens is 454 g/mol. The minimum Gasteiger partial charge on any atom is -0.450 e. The lowest BCUT2D eigenvalue weighted by Crippen LogP contribution is -2.22. The molecule has 0 radical (unpaired) electrons. The van der Waals surface area contributed by atoms with E-state index in [-0.39, 0.29) is 17.2 Å². The van der Waals surface area contributed by atoms with E-state index in [1.807, 2.05) is 30.6 Å². The molecule has 11 nitrogen and oxygen atoms in total. The van der Waals surface area contributed by atoms with E-state index in [9.17, 15) is 30.3 Å². The summed E-state index contributed by atoms with van der Waals surface area (Å²) in [6.45, 7) is 3.74. The lowest BCUT2D eigenvalue weighted by molar-refractivity contribution is -0.394. The minimum atomic E-state index is -0.741. The molecule has 11 heteroatoms. The molecule has 0 saturated carbocycles. The van der Waals surface area contributed by atoms with Gasteiger partial charge >= 0.3 is 5.69 Å². The monoisotopic (exact) mass is 475 g/mol. The van der Waals surface area contributed by atoms with Gasteiger partial charge in [-0.2, -0.15) is 5.26 Å². The highest BCUT2D eigenvalue weighted by molar-refractivity contribution is 6.01. The van der Waals surface area contributed by atoms with Crippen LogP contribution in [0.1, 0.15) is 17.0 Å². The number of rotatable bonds is 7. The summed E-state index contributed by atoms with van der Waals surface area (Å²) in [6, 6.07) is 13.7. The highest BCUT2D eigenvalue weighted by Crippen LogP contribution is 2.35. The third-order valence-electron chi connectivity index (χ3n) is 5.20. The number of nitro groups is 2. The number of hydrogen-bond acceptors (Lipinski definition) is 7. The zero-order chi connectivity index (χ0) is 25.9. The van der Waals surface area contributed by atoms with Gasteiger partial charge in [-0.3, -0.25) is 25.0 Å². The average Bonchev–Trinajstić information content (AvgIpc) is 3.10. The molecule has 0 saturated heterocycles. The van der Waals surface area contributed by atoms with Gasteiger partial charge in [0.25, 0.3) is 11.6 Å². The largest absolute Gasteiger partial charge is 0.450 e. The van der Waals surface area contributed by atoms with Crippen molar-refractivity contribution in [3.8, 4) is 23.3 Å². The summed E-state index contributed by atoms with van der Waals surface area (Å²) >= 11 is 0. The van der Waals surface area contributed by atoms with E-state index >= 15 is 0 Å². The summed E-state index contributed by atoms with van der Waals surface area (Å²) in [5.41, 5.74) is 2.25. The molecule has 0 aliphatic carbocycles. The topological polar surface area (TPSA) is 145 Å². The van der Waals surface area contributed by atoms with Crippen molar-refractivity contribution in [3.63, 3.8) is 0 Å². The van der Waals surface area contributed by atoms with Crippen LogP contribution in [0.3, 0.4) is 0 Å². The molecule has 3 rings (SSSR count). The van der Waals surface area contributed by atoms with Crippen molar-refractivity contribution >= 4 is 23.4 Å². The molecule has 2 aromatic carbocycles. The van der Waals surface area contributed by atoms with Gasteiger partial charge in [0.15, 0.2) is 0 Å². The number of nitriles is 1. The van der Waals surface area contributed by atoms with Crippen LogP contribution in [0, 0.1) is 45.4 Å². The molecule has 1 heterocycles. The maximum absolute atomic E-state index is 12.2. The molecule has 178 valence electrons. The van der Waals surface area contributed by atoms with E-state index < -0.39 is 21.2 Å². The summed E-state index contributed by atoms with van der Waals surface area (Å²) in [6.07, 6.45) is 1.55. The van der Waals surface area contributed by atoms with Crippen LogP contribution in [0.5, 0.6) is 11.5 Å². The van der Waals surface area contributed by atoms with Gasteiger partial charge in [0.1, 0.15) is 17.4 Å². The number of aryl methyl sites for hydroxylation is 1. The van der Waals surface area contributed by atoms with Gasteiger partial charge in [0.2, 0.25) is 5.75 Å². The molecule has 0 unspecified atom stereocenters. The van der Waals surface area contributed by atoms with Crippen molar-refractivity contribution in [3.05, 3.63) is 91.3 Å². The maximum atomic E-state index is 12.2. The van der Waals surface area contributed by atoms with Crippen LogP contribution in [0.25, 0.3) is 11.8 Å². The van der Waals surface area contributed by atoms with Crippen LogP contribution in [0.4, 0.5) is 11.4 Å². The molecule has 0 aliphatic rings. The van der Waals surface area contributed by atoms with E-state index in [1.54, 1.807) is 44.4 Å². The number of nitro benzene ring substituents is 2. The molecule has 0 bridgehead atoms. The number of benzene rings is 2. The number of amides is 1. The molecule has 1 amide bonds. The van der Waals surface area contributed by atoms with Crippen LogP contribution >= 0.6 is 0 Å². The van der Waals surface area contributed by atoms with Crippen molar-refractivity contribution in [2.45, 2.75) is 13.8 Å². The Bertz CT molecular complexity index is 1400. The summed E-state index contributed by atoms with van der Waals surface area (Å²) in [4.78, 5) is 34.3. The molecule has 0 spiro atoms. The Kier molecular flexibility index (Phi) is 6.96. The van der Waals surface area contributed by atoms with Crippen molar-refractivity contribution in [1.29, 1.82) is 5.26 Å². The third-order valence-corrected chi connectivity index (χ3v) is 5.20. The Morgan fingerprint density at radius 3 is 2.26 bits per heavy atom. The van der Waals surface area contributed by atoms with Crippen LogP contribution in [0.2, 0.25) is 0 Å². The Morgan fingerprint density at radius 1 is 1.06 bits per heavy atom. The fraction of sp³-hybridized carbons (Fsp3) is 0.167. The molecule has 0 N–H and O–H groups in total. The first-order chi connectivity index (χ1) is 16.5. The molecule has 0 fully saturated rings. The van der Waals surface area contributed by atoms with Crippen molar-refractivity contribution < 1.29 is 19.4 Å². The molecule has 1 aromatic heterocycles. The summed E-state index contributed by atoms with van der Waals surface area (Å²) in [5, 5.41) is 31.6. The first kappa shape index (κ1) is 24.7. The minimum absolute atomic E-state index is 0.0173. The molecule has 35 heavy (non-hydrogen) atoms. The second-order valence-electron chi connectivity index (χ2n) is 7.79. The Balaban J connectivity index is 1.92. The predicted octanol–water partition coefficient (Wildman–Crippen LogP) is 4.70. The van der Waals surface area contributed by atoms with Gasteiger partial charge in [-0.1, -0.05) is 0 Å². The first-order valence-electron chi connectivity index (χ1n) is 10.3. The van der Waals surface area contributed by atoms with Gasteiger partial charge in [0, 0.05) is 37.2 Å². The quantitative estimate of drug-likeness (QED) is 0.208. The van der Waals surface area contributed by atoms with E-state index in [0.29, 0.717) is 5.75 Å². The molecule has 0 atom stereocenters. The Labute approximate surface area is 200 Å². The number of carbonyl (C=O) groups excluding carboxylic acids is 1. The van der Waals surface area contributed by atoms with E-state index in [4.69, 9.17) is 4.74 Å². The standard InChI is InChI=1S/C24H21N5O6/c1-15-11-17(12-18(14-25)24(30)26(3)4)16(2)27(15)19-5-8-21(9-6-19)35-23-10-7-20(28(31)32)13-22(23)29(33)34/h5-13H,1-4H3/b18-12-. The van der Waals surface area contributed by atoms with E-state index in [1.165, 1.54) is 11.0 Å². The summed E-state index contributed by atoms with van der Waals surface area (Å²) < 4.78 is 7.55. The Morgan fingerprint density at radius 2 is 1.71 bits per heavy atom. The number of nitrogens with zero attached hydrogens (tertiary/aromatic N) is 5. The van der Waals surface area contributed by atoms with Gasteiger partial charge in [-0.05, 0) is 61.9 Å². The van der Waals surface area contributed by atoms with Crippen molar-refractivity contribution in [2.24, 2.45) is 0 Å². The summed E-state index contributed by atoms with van der Waals surface area (Å²) in [7, 11) is 3.15. The smallest absolute Gasteiger partial charge is 0.318 e. The highest BCUT2D eigenvalue weighted by Gasteiger charge is 2.21. The van der Waals surface area contributed by atoms with E-state index in [0.717, 1.165) is 34.8 Å². The SMILES string of the molecule is Cc1cc(/C=C(/C#N)C(=O)N(C)C)c(C)n1-c1ccc(Oc2ccc([N+](=O)[O-])cc2[N+](=O)[O-])cc1. The van der Waals surface area contributed by atoms with Gasteiger partial charge in [-0.25, -0.2) is 0 Å². The zero-order valence-electron chi connectivity index (χ0n) is 19.4. The molecule has 3 aromatic rings. The normalized spacial score (nSPS) is 11.0. The van der Waals surface area contributed by atoms with Crippen LogP contribution in [0.15, 0.2) is 54.1 Å². The molecule has 0 aliphatic heterocycles.